The van der Waals surface area contributed by atoms with Crippen LogP contribution in [0.25, 0.3) is 10.9 Å². The second-order valence-corrected chi connectivity index (χ2v) is 8.64. The topological polar surface area (TPSA) is 45.3 Å². The summed E-state index contributed by atoms with van der Waals surface area (Å²) in [4.78, 5) is 19.2. The zero-order valence-electron chi connectivity index (χ0n) is 17.3. The van der Waals surface area contributed by atoms with Crippen LogP contribution in [0.3, 0.4) is 0 Å². The average Bonchev–Trinajstić information content (AvgIpc) is 3.17. The molecular weight excluding hydrogens is 452 g/mol. The van der Waals surface area contributed by atoms with Crippen molar-refractivity contribution in [1.82, 2.24) is 9.88 Å². The monoisotopic (exact) mass is 474 g/mol. The second kappa shape index (κ2) is 8.23. The molecule has 0 aliphatic carbocycles. The first-order valence-electron chi connectivity index (χ1n) is 10.5. The maximum absolute atomic E-state index is 13.6. The number of amides is 1. The Labute approximate surface area is 190 Å². The van der Waals surface area contributed by atoms with Gasteiger partial charge in [0.2, 0.25) is 0 Å². The average molecular weight is 475 g/mol. The van der Waals surface area contributed by atoms with Crippen LogP contribution in [-0.2, 0) is 6.42 Å². The van der Waals surface area contributed by atoms with Crippen LogP contribution in [-0.4, -0.2) is 28.9 Å². The maximum Gasteiger partial charge on any atom is 0.254 e. The van der Waals surface area contributed by atoms with Gasteiger partial charge < -0.3 is 14.6 Å². The van der Waals surface area contributed by atoms with Crippen LogP contribution in [0.1, 0.15) is 40.1 Å². The van der Waals surface area contributed by atoms with Crippen molar-refractivity contribution in [3.8, 4) is 5.75 Å². The van der Waals surface area contributed by atoms with Gasteiger partial charge in [-0.1, -0.05) is 52.3 Å². The fourth-order valence-corrected chi connectivity index (χ4v) is 4.91. The largest absolute Gasteiger partial charge is 0.494 e. The van der Waals surface area contributed by atoms with Gasteiger partial charge in [0.1, 0.15) is 5.75 Å². The van der Waals surface area contributed by atoms with Crippen molar-refractivity contribution >= 4 is 32.7 Å². The highest BCUT2D eigenvalue weighted by atomic mass is 79.9. The molecule has 4 nitrogen and oxygen atoms in total. The van der Waals surface area contributed by atoms with Gasteiger partial charge in [-0.2, -0.15) is 0 Å². The third kappa shape index (κ3) is 3.63. The van der Waals surface area contributed by atoms with Gasteiger partial charge in [-0.25, -0.2) is 0 Å². The number of benzene rings is 3. The minimum Gasteiger partial charge on any atom is -0.494 e. The number of nitrogens with one attached hydrogen (secondary N) is 1. The molecule has 1 atom stereocenters. The standard InChI is InChI=1S/C26H23BrN2O2/c1-2-31-20-12-10-17(11-13-20)25-24-22(21-8-3-4-9-23(21)28-24)14-15-29(25)26(30)18-6-5-7-19(27)16-18/h3-13,16,25,28H,2,14-15H2,1H3/t25-/m1/s1. The smallest absolute Gasteiger partial charge is 0.254 e. The van der Waals surface area contributed by atoms with Gasteiger partial charge in [-0.05, 0) is 60.9 Å². The van der Waals surface area contributed by atoms with E-state index in [4.69, 9.17) is 4.74 Å². The van der Waals surface area contributed by atoms with Crippen molar-refractivity contribution in [3.05, 3.63) is 99.7 Å². The van der Waals surface area contributed by atoms with Gasteiger partial charge in [-0.3, -0.25) is 4.79 Å². The van der Waals surface area contributed by atoms with Crippen molar-refractivity contribution < 1.29 is 9.53 Å². The lowest BCUT2D eigenvalue weighted by molar-refractivity contribution is 0.0692. The number of nitrogens with zero attached hydrogens (tertiary/aromatic N) is 1. The highest BCUT2D eigenvalue weighted by Gasteiger charge is 2.35. The molecule has 1 amide bonds. The van der Waals surface area contributed by atoms with Crippen molar-refractivity contribution in [2.24, 2.45) is 0 Å². The van der Waals surface area contributed by atoms with E-state index < -0.39 is 0 Å². The SMILES string of the molecule is CCOc1ccc([C@@H]2c3[nH]c4ccccc4c3CCN2C(=O)c2cccc(Br)c2)cc1. The fourth-order valence-electron chi connectivity index (χ4n) is 4.51. The molecule has 4 aromatic rings. The van der Waals surface area contributed by atoms with Crippen molar-refractivity contribution in [2.45, 2.75) is 19.4 Å². The Bertz CT molecular complexity index is 1250. The van der Waals surface area contributed by atoms with Crippen LogP contribution in [0.15, 0.2) is 77.3 Å². The predicted molar refractivity (Wildman–Crippen MR) is 127 cm³/mol. The van der Waals surface area contributed by atoms with Crippen molar-refractivity contribution in [2.75, 3.05) is 13.2 Å². The van der Waals surface area contributed by atoms with E-state index in [1.165, 1.54) is 10.9 Å². The lowest BCUT2D eigenvalue weighted by Crippen LogP contribution is -2.40. The van der Waals surface area contributed by atoms with Gasteiger partial charge in [0.25, 0.3) is 5.91 Å². The van der Waals surface area contributed by atoms with Gasteiger partial charge in [0.15, 0.2) is 0 Å². The highest BCUT2D eigenvalue weighted by Crippen LogP contribution is 2.39. The number of rotatable bonds is 4. The maximum atomic E-state index is 13.6. The molecule has 0 saturated heterocycles. The second-order valence-electron chi connectivity index (χ2n) is 7.73. The Morgan fingerprint density at radius 2 is 1.90 bits per heavy atom. The number of hydrogen-bond donors (Lipinski definition) is 1. The number of carbonyl (C=O) groups is 1. The molecule has 1 aliphatic heterocycles. The lowest BCUT2D eigenvalue weighted by Gasteiger charge is -2.36. The molecule has 0 bridgehead atoms. The number of carbonyl (C=O) groups excluding carboxylic acids is 1. The minimum absolute atomic E-state index is 0.0319. The molecule has 31 heavy (non-hydrogen) atoms. The molecule has 1 aliphatic rings. The summed E-state index contributed by atoms with van der Waals surface area (Å²) in [6, 6.07) is 23.9. The van der Waals surface area contributed by atoms with Gasteiger partial charge in [0.05, 0.1) is 12.6 Å². The molecular formula is C26H23BrN2O2. The first-order valence-corrected chi connectivity index (χ1v) is 11.3. The third-order valence-electron chi connectivity index (χ3n) is 5.87. The summed E-state index contributed by atoms with van der Waals surface area (Å²) in [5, 5.41) is 1.24. The van der Waals surface area contributed by atoms with Crippen LogP contribution < -0.4 is 4.74 Å². The minimum atomic E-state index is -0.182. The number of hydrogen-bond acceptors (Lipinski definition) is 2. The van der Waals surface area contributed by atoms with E-state index in [0.717, 1.165) is 33.4 Å². The quantitative estimate of drug-likeness (QED) is 0.387. The Balaban J connectivity index is 1.63. The number of halogens is 1. The number of para-hydroxylation sites is 1. The van der Waals surface area contributed by atoms with Gasteiger partial charge in [-0.15, -0.1) is 0 Å². The predicted octanol–water partition coefficient (Wildman–Crippen LogP) is 6.12. The van der Waals surface area contributed by atoms with E-state index in [-0.39, 0.29) is 11.9 Å². The first-order chi connectivity index (χ1) is 15.2. The van der Waals surface area contributed by atoms with Gasteiger partial charge >= 0.3 is 0 Å². The molecule has 3 aromatic carbocycles. The summed E-state index contributed by atoms with van der Waals surface area (Å²) in [5.41, 5.74) is 5.26. The highest BCUT2D eigenvalue weighted by molar-refractivity contribution is 9.10. The molecule has 2 heterocycles. The van der Waals surface area contributed by atoms with Crippen LogP contribution >= 0.6 is 15.9 Å². The van der Waals surface area contributed by atoms with E-state index in [1.54, 1.807) is 0 Å². The molecule has 156 valence electrons. The molecule has 5 rings (SSSR count). The molecule has 0 spiro atoms. The summed E-state index contributed by atoms with van der Waals surface area (Å²) >= 11 is 3.50. The summed E-state index contributed by atoms with van der Waals surface area (Å²) in [6.07, 6.45) is 0.826. The van der Waals surface area contributed by atoms with Crippen LogP contribution in [0, 0.1) is 0 Å². The molecule has 0 saturated carbocycles. The lowest BCUT2D eigenvalue weighted by atomic mass is 9.91. The van der Waals surface area contributed by atoms with Crippen LogP contribution in [0.5, 0.6) is 5.75 Å². The molecule has 1 N–H and O–H groups in total. The Morgan fingerprint density at radius 1 is 1.10 bits per heavy atom. The van der Waals surface area contributed by atoms with E-state index in [2.05, 4.69) is 51.2 Å². The zero-order valence-corrected chi connectivity index (χ0v) is 18.9. The molecule has 1 aromatic heterocycles. The normalized spacial score (nSPS) is 15.7. The molecule has 0 fully saturated rings. The Hall–Kier alpha value is -3.05. The van der Waals surface area contributed by atoms with Crippen molar-refractivity contribution in [3.63, 3.8) is 0 Å². The van der Waals surface area contributed by atoms with E-state index >= 15 is 0 Å². The first kappa shape index (κ1) is 19.9. The Kier molecular flexibility index (Phi) is 5.28. The summed E-state index contributed by atoms with van der Waals surface area (Å²) in [7, 11) is 0. The third-order valence-corrected chi connectivity index (χ3v) is 6.37. The summed E-state index contributed by atoms with van der Waals surface area (Å²) in [5.74, 6) is 0.869. The number of aromatic nitrogens is 1. The fraction of sp³-hybridized carbons (Fsp3) is 0.192. The van der Waals surface area contributed by atoms with Crippen molar-refractivity contribution in [1.29, 1.82) is 0 Å². The van der Waals surface area contributed by atoms with E-state index in [0.29, 0.717) is 18.7 Å². The molecule has 0 unspecified atom stereocenters. The zero-order chi connectivity index (χ0) is 21.4. The molecule has 5 heteroatoms. The number of H-pyrrole nitrogens is 1. The Morgan fingerprint density at radius 3 is 2.68 bits per heavy atom. The number of fused-ring (bicyclic) bond motifs is 3. The summed E-state index contributed by atoms with van der Waals surface area (Å²) in [6.45, 7) is 3.27. The van der Waals surface area contributed by atoms with Gasteiger partial charge in [0, 0.05) is 33.2 Å². The summed E-state index contributed by atoms with van der Waals surface area (Å²) < 4.78 is 6.53. The molecule has 0 radical (unpaired) electrons. The van der Waals surface area contributed by atoms with E-state index in [1.807, 2.05) is 54.3 Å². The van der Waals surface area contributed by atoms with Crippen LogP contribution in [0.2, 0.25) is 0 Å². The number of aromatic amines is 1. The number of ether oxygens (including phenoxy) is 1. The van der Waals surface area contributed by atoms with Crippen LogP contribution in [0.4, 0.5) is 0 Å². The van der Waals surface area contributed by atoms with E-state index in [9.17, 15) is 4.79 Å².